The van der Waals surface area contributed by atoms with E-state index in [1.54, 1.807) is 6.07 Å². The van der Waals surface area contributed by atoms with Crippen molar-refractivity contribution in [3.8, 4) is 6.07 Å². The van der Waals surface area contributed by atoms with E-state index in [0.29, 0.717) is 17.1 Å². The summed E-state index contributed by atoms with van der Waals surface area (Å²) >= 11 is 5.84. The summed E-state index contributed by atoms with van der Waals surface area (Å²) in [4.78, 5) is 19.5. The van der Waals surface area contributed by atoms with E-state index in [-0.39, 0.29) is 17.6 Å². The number of nitrogens with zero attached hydrogens (tertiary/aromatic N) is 3. The molecule has 0 spiro atoms. The van der Waals surface area contributed by atoms with Crippen molar-refractivity contribution in [2.45, 2.75) is 12.8 Å². The molecule has 1 aromatic carbocycles. The van der Waals surface area contributed by atoms with Crippen molar-refractivity contribution >= 4 is 17.5 Å². The largest absolute Gasteiger partial charge is 0.351 e. The highest BCUT2D eigenvalue weighted by molar-refractivity contribution is 6.30. The highest BCUT2D eigenvalue weighted by Crippen LogP contribution is 2.17. The Kier molecular flexibility index (Phi) is 4.85. The van der Waals surface area contributed by atoms with Crippen molar-refractivity contribution in [1.82, 2.24) is 15.3 Å². The number of nitriles is 1. The van der Waals surface area contributed by atoms with Crippen LogP contribution in [0.25, 0.3) is 0 Å². The maximum atomic E-state index is 11.9. The van der Waals surface area contributed by atoms with Crippen LogP contribution in [0.5, 0.6) is 0 Å². The Bertz CT molecular complexity index is 662. The minimum Gasteiger partial charge on any atom is -0.351 e. The van der Waals surface area contributed by atoms with E-state index in [4.69, 9.17) is 16.9 Å². The van der Waals surface area contributed by atoms with Crippen molar-refractivity contribution < 1.29 is 4.79 Å². The summed E-state index contributed by atoms with van der Waals surface area (Å²) in [6.07, 6.45) is 2.68. The molecule has 0 aliphatic heterocycles. The van der Waals surface area contributed by atoms with Gasteiger partial charge in [0.2, 0.25) is 5.82 Å². The lowest BCUT2D eigenvalue weighted by atomic mass is 10.0. The van der Waals surface area contributed by atoms with Gasteiger partial charge in [-0.05, 0) is 23.6 Å². The van der Waals surface area contributed by atoms with Gasteiger partial charge in [0.25, 0.3) is 5.91 Å². The monoisotopic (exact) mass is 300 g/mol. The van der Waals surface area contributed by atoms with E-state index < -0.39 is 0 Å². The minimum atomic E-state index is -0.264. The fraction of sp³-hybridized carbons (Fsp3) is 0.200. The maximum Gasteiger partial charge on any atom is 0.254 e. The van der Waals surface area contributed by atoms with Gasteiger partial charge in [-0.15, -0.1) is 0 Å². The lowest BCUT2D eigenvalue weighted by Gasteiger charge is -2.13. The predicted molar refractivity (Wildman–Crippen MR) is 78.9 cm³/mol. The Morgan fingerprint density at radius 2 is 1.95 bits per heavy atom. The van der Waals surface area contributed by atoms with Crippen LogP contribution >= 0.6 is 11.6 Å². The molecule has 0 saturated carbocycles. The molecule has 1 aromatic heterocycles. The molecular formula is C15H13ClN4O. The first-order valence-electron chi connectivity index (χ1n) is 6.36. The molecule has 1 amide bonds. The number of amides is 1. The number of hydrogen-bond acceptors (Lipinski definition) is 4. The molecule has 0 saturated heterocycles. The van der Waals surface area contributed by atoms with Crippen LogP contribution in [-0.2, 0) is 0 Å². The van der Waals surface area contributed by atoms with E-state index in [2.05, 4.69) is 15.3 Å². The molecule has 0 radical (unpaired) electrons. The number of carbonyl (C=O) groups is 1. The van der Waals surface area contributed by atoms with Gasteiger partial charge in [-0.25, -0.2) is 9.97 Å². The van der Waals surface area contributed by atoms with Crippen LogP contribution in [0.2, 0.25) is 5.02 Å². The van der Waals surface area contributed by atoms with Crippen molar-refractivity contribution in [3.05, 3.63) is 58.6 Å². The van der Waals surface area contributed by atoms with Gasteiger partial charge in [-0.2, -0.15) is 5.26 Å². The van der Waals surface area contributed by atoms with Gasteiger partial charge in [0, 0.05) is 24.0 Å². The van der Waals surface area contributed by atoms with Crippen molar-refractivity contribution in [2.75, 3.05) is 6.54 Å². The van der Waals surface area contributed by atoms with E-state index in [0.717, 1.165) is 5.56 Å². The number of nitrogens with one attached hydrogen (secondary N) is 1. The smallest absolute Gasteiger partial charge is 0.254 e. The summed E-state index contributed by atoms with van der Waals surface area (Å²) in [5, 5.41) is 12.1. The first kappa shape index (κ1) is 14.9. The molecule has 0 aliphatic rings. The summed E-state index contributed by atoms with van der Waals surface area (Å²) in [6, 6.07) is 9.32. The van der Waals surface area contributed by atoms with Crippen LogP contribution in [0.4, 0.5) is 0 Å². The number of halogens is 1. The molecule has 0 fully saturated rings. The van der Waals surface area contributed by atoms with E-state index >= 15 is 0 Å². The van der Waals surface area contributed by atoms with Gasteiger partial charge < -0.3 is 5.32 Å². The third-order valence-corrected chi connectivity index (χ3v) is 3.27. The van der Waals surface area contributed by atoms with Gasteiger partial charge in [0.15, 0.2) is 0 Å². The second kappa shape index (κ2) is 6.82. The van der Waals surface area contributed by atoms with Crippen molar-refractivity contribution in [1.29, 1.82) is 5.26 Å². The zero-order valence-electron chi connectivity index (χ0n) is 11.4. The number of carbonyl (C=O) groups excluding carboxylic acids is 1. The molecular weight excluding hydrogens is 288 g/mol. The average molecular weight is 301 g/mol. The Balaban J connectivity index is 1.94. The van der Waals surface area contributed by atoms with Gasteiger partial charge in [-0.3, -0.25) is 4.79 Å². The third kappa shape index (κ3) is 4.01. The van der Waals surface area contributed by atoms with Gasteiger partial charge in [0.1, 0.15) is 6.07 Å². The molecule has 2 rings (SSSR count). The molecule has 6 heteroatoms. The standard InChI is InChI=1S/C15H13ClN4O/c1-10(11-2-4-13(16)5-3-11)7-20-15(21)12-8-18-14(6-17)19-9-12/h2-5,8-10H,7H2,1H3,(H,20,21). The molecule has 106 valence electrons. The van der Waals surface area contributed by atoms with E-state index in [1.165, 1.54) is 12.4 Å². The van der Waals surface area contributed by atoms with Gasteiger partial charge >= 0.3 is 0 Å². The molecule has 21 heavy (non-hydrogen) atoms. The Morgan fingerprint density at radius 3 is 2.52 bits per heavy atom. The van der Waals surface area contributed by atoms with Crippen LogP contribution in [0, 0.1) is 11.3 Å². The van der Waals surface area contributed by atoms with Crippen LogP contribution in [0.3, 0.4) is 0 Å². The van der Waals surface area contributed by atoms with Crippen LogP contribution in [-0.4, -0.2) is 22.4 Å². The predicted octanol–water partition coefficient (Wildman–Crippen LogP) is 2.54. The zero-order chi connectivity index (χ0) is 15.2. The Morgan fingerprint density at radius 1 is 1.33 bits per heavy atom. The minimum absolute atomic E-state index is 0.0427. The molecule has 1 heterocycles. The van der Waals surface area contributed by atoms with Crippen molar-refractivity contribution in [2.24, 2.45) is 0 Å². The quantitative estimate of drug-likeness (QED) is 0.941. The van der Waals surface area contributed by atoms with Crippen LogP contribution < -0.4 is 5.32 Å². The third-order valence-electron chi connectivity index (χ3n) is 3.02. The fourth-order valence-electron chi connectivity index (χ4n) is 1.76. The van der Waals surface area contributed by atoms with Crippen LogP contribution in [0.15, 0.2) is 36.7 Å². The summed E-state index contributed by atoms with van der Waals surface area (Å²) < 4.78 is 0. The average Bonchev–Trinajstić information content (AvgIpc) is 2.53. The first-order valence-corrected chi connectivity index (χ1v) is 6.73. The highest BCUT2D eigenvalue weighted by atomic mass is 35.5. The molecule has 2 aromatic rings. The molecule has 0 aliphatic carbocycles. The number of rotatable bonds is 4. The molecule has 0 bridgehead atoms. The lowest BCUT2D eigenvalue weighted by molar-refractivity contribution is 0.0951. The molecule has 1 unspecified atom stereocenters. The maximum absolute atomic E-state index is 11.9. The second-order valence-electron chi connectivity index (χ2n) is 4.57. The Hall–Kier alpha value is -2.45. The summed E-state index contributed by atoms with van der Waals surface area (Å²) in [5.41, 5.74) is 1.42. The summed E-state index contributed by atoms with van der Waals surface area (Å²) in [6.45, 7) is 2.50. The number of hydrogen-bond donors (Lipinski definition) is 1. The van der Waals surface area contributed by atoms with Crippen molar-refractivity contribution in [3.63, 3.8) is 0 Å². The normalized spacial score (nSPS) is 11.5. The lowest BCUT2D eigenvalue weighted by Crippen LogP contribution is -2.27. The highest BCUT2D eigenvalue weighted by Gasteiger charge is 2.10. The summed E-state index contributed by atoms with van der Waals surface area (Å²) in [7, 11) is 0. The second-order valence-corrected chi connectivity index (χ2v) is 5.01. The molecule has 5 nitrogen and oxygen atoms in total. The van der Waals surface area contributed by atoms with Crippen LogP contribution in [0.1, 0.15) is 34.6 Å². The zero-order valence-corrected chi connectivity index (χ0v) is 12.1. The first-order chi connectivity index (χ1) is 10.1. The van der Waals surface area contributed by atoms with E-state index in [1.807, 2.05) is 31.2 Å². The number of benzene rings is 1. The van der Waals surface area contributed by atoms with E-state index in [9.17, 15) is 4.79 Å². The Labute approximate surface area is 127 Å². The molecule has 1 atom stereocenters. The van der Waals surface area contributed by atoms with Gasteiger partial charge in [0.05, 0.1) is 5.56 Å². The topological polar surface area (TPSA) is 78.7 Å². The fourth-order valence-corrected chi connectivity index (χ4v) is 1.89. The number of aromatic nitrogens is 2. The molecule has 1 N–H and O–H groups in total. The van der Waals surface area contributed by atoms with Gasteiger partial charge in [-0.1, -0.05) is 30.7 Å². The SMILES string of the molecule is CC(CNC(=O)c1cnc(C#N)nc1)c1ccc(Cl)cc1. The summed E-state index contributed by atoms with van der Waals surface area (Å²) in [5.74, 6) is -0.0631.